The lowest BCUT2D eigenvalue weighted by Crippen LogP contribution is -2.35. The summed E-state index contributed by atoms with van der Waals surface area (Å²) in [5.41, 5.74) is 1.58. The van der Waals surface area contributed by atoms with E-state index >= 15 is 0 Å². The molecule has 0 saturated carbocycles. The van der Waals surface area contributed by atoms with Gasteiger partial charge in [-0.15, -0.1) is 0 Å². The van der Waals surface area contributed by atoms with Crippen LogP contribution in [0.4, 0.5) is 5.69 Å². The smallest absolute Gasteiger partial charge is 0.239 e. The summed E-state index contributed by atoms with van der Waals surface area (Å²) < 4.78 is 25.1. The van der Waals surface area contributed by atoms with E-state index in [0.717, 1.165) is 14.3 Å². The van der Waals surface area contributed by atoms with Gasteiger partial charge in [-0.3, -0.25) is 4.79 Å². The summed E-state index contributed by atoms with van der Waals surface area (Å²) in [7, 11) is -1.94. The average Bonchev–Trinajstić information content (AvgIpc) is 2.32. The maximum absolute atomic E-state index is 11.8. The molecule has 0 bridgehead atoms. The Morgan fingerprint density at radius 1 is 1.42 bits per heavy atom. The van der Waals surface area contributed by atoms with Crippen molar-refractivity contribution in [3.05, 3.63) is 28.2 Å². The Kier molecular flexibility index (Phi) is 5.51. The lowest BCUT2D eigenvalue weighted by Gasteiger charge is -2.16. The van der Waals surface area contributed by atoms with Crippen molar-refractivity contribution in [2.24, 2.45) is 0 Å². The van der Waals surface area contributed by atoms with Crippen LogP contribution in [0.1, 0.15) is 12.5 Å². The first kappa shape index (κ1) is 16.1. The number of sulfonamides is 1. The first-order valence-electron chi connectivity index (χ1n) is 5.76. The van der Waals surface area contributed by atoms with Crippen LogP contribution in [0.3, 0.4) is 0 Å². The fourth-order valence-electron chi connectivity index (χ4n) is 1.48. The molecule has 0 radical (unpaired) electrons. The Hall–Kier alpha value is -0.920. The maximum atomic E-state index is 11.8. The molecule has 5 nitrogen and oxygen atoms in total. The van der Waals surface area contributed by atoms with E-state index in [2.05, 4.69) is 21.2 Å². The van der Waals surface area contributed by atoms with E-state index in [1.54, 1.807) is 13.0 Å². The van der Waals surface area contributed by atoms with Gasteiger partial charge in [0.15, 0.2) is 0 Å². The lowest BCUT2D eigenvalue weighted by molar-refractivity contribution is -0.116. The number of aryl methyl sites for hydroxylation is 1. The van der Waals surface area contributed by atoms with E-state index in [0.29, 0.717) is 5.69 Å². The van der Waals surface area contributed by atoms with Gasteiger partial charge in [-0.25, -0.2) is 8.42 Å². The molecule has 0 saturated heterocycles. The molecule has 1 amide bonds. The molecule has 1 rings (SSSR count). The number of carbonyl (C=O) groups is 1. The number of hydrogen-bond donors (Lipinski definition) is 1. The summed E-state index contributed by atoms with van der Waals surface area (Å²) in [5, 5.41) is 2.70. The summed E-state index contributed by atoms with van der Waals surface area (Å²) in [5.74, 6) is -0.376. The molecule has 0 aliphatic rings. The highest BCUT2D eigenvalue weighted by Crippen LogP contribution is 2.19. The molecule has 106 valence electrons. The Balaban J connectivity index is 2.71. The second kappa shape index (κ2) is 6.49. The van der Waals surface area contributed by atoms with Crippen molar-refractivity contribution in [3.8, 4) is 0 Å². The summed E-state index contributed by atoms with van der Waals surface area (Å²) in [6.07, 6.45) is 0. The molecule has 0 aromatic heterocycles. The Labute approximate surface area is 122 Å². The predicted molar refractivity (Wildman–Crippen MR) is 79.6 cm³/mol. The zero-order chi connectivity index (χ0) is 14.6. The van der Waals surface area contributed by atoms with Gasteiger partial charge in [-0.1, -0.05) is 15.9 Å². The monoisotopic (exact) mass is 348 g/mol. The molecule has 0 aliphatic carbocycles. The van der Waals surface area contributed by atoms with Crippen molar-refractivity contribution in [2.45, 2.75) is 13.8 Å². The highest BCUT2D eigenvalue weighted by atomic mass is 79.9. The van der Waals surface area contributed by atoms with E-state index in [-0.39, 0.29) is 18.2 Å². The van der Waals surface area contributed by atoms with Crippen molar-refractivity contribution in [2.75, 3.05) is 24.7 Å². The van der Waals surface area contributed by atoms with Crippen LogP contribution < -0.4 is 5.32 Å². The fourth-order valence-corrected chi connectivity index (χ4v) is 2.71. The maximum Gasteiger partial charge on any atom is 0.239 e. The number of nitrogens with one attached hydrogen (secondary N) is 1. The topological polar surface area (TPSA) is 66.5 Å². The van der Waals surface area contributed by atoms with Gasteiger partial charge in [0.1, 0.15) is 0 Å². The van der Waals surface area contributed by atoms with Crippen LogP contribution in [0.15, 0.2) is 22.7 Å². The molecular formula is C12H17BrN2O3S. The Morgan fingerprint density at radius 2 is 2.05 bits per heavy atom. The van der Waals surface area contributed by atoms with E-state index in [4.69, 9.17) is 0 Å². The van der Waals surface area contributed by atoms with Gasteiger partial charge in [0, 0.05) is 17.2 Å². The highest BCUT2D eigenvalue weighted by Gasteiger charge is 2.18. The number of carbonyl (C=O) groups excluding carboxylic acids is 1. The van der Waals surface area contributed by atoms with Crippen molar-refractivity contribution in [3.63, 3.8) is 0 Å². The fraction of sp³-hybridized carbons (Fsp3) is 0.417. The number of rotatable bonds is 5. The molecular weight excluding hydrogens is 332 g/mol. The zero-order valence-electron chi connectivity index (χ0n) is 11.1. The number of amides is 1. The number of halogens is 1. The van der Waals surface area contributed by atoms with Crippen molar-refractivity contribution >= 4 is 37.5 Å². The summed E-state index contributed by atoms with van der Waals surface area (Å²) >= 11 is 3.34. The molecule has 0 spiro atoms. The van der Waals surface area contributed by atoms with Crippen molar-refractivity contribution in [1.82, 2.24) is 4.31 Å². The third kappa shape index (κ3) is 4.59. The van der Waals surface area contributed by atoms with Crippen molar-refractivity contribution in [1.29, 1.82) is 0 Å². The minimum absolute atomic E-state index is 0.0198. The average molecular weight is 349 g/mol. The van der Waals surface area contributed by atoms with Crippen LogP contribution in [0.25, 0.3) is 0 Å². The SMILES string of the molecule is CCS(=O)(=O)N(C)CC(=O)Nc1ccc(Br)cc1C. The number of benzene rings is 1. The molecule has 19 heavy (non-hydrogen) atoms. The quantitative estimate of drug-likeness (QED) is 0.884. The van der Waals surface area contributed by atoms with Crippen LogP contribution in [0, 0.1) is 6.92 Å². The van der Waals surface area contributed by atoms with Crippen LogP contribution >= 0.6 is 15.9 Å². The number of likely N-dealkylation sites (N-methyl/N-ethyl adjacent to an activating group) is 1. The van der Waals surface area contributed by atoms with E-state index < -0.39 is 10.0 Å². The standard InChI is InChI=1S/C12H17BrN2O3S/c1-4-19(17,18)15(3)8-12(16)14-11-6-5-10(13)7-9(11)2/h5-7H,4,8H2,1-3H3,(H,14,16). The second-order valence-electron chi connectivity index (χ2n) is 4.16. The van der Waals surface area contributed by atoms with Gasteiger partial charge in [-0.2, -0.15) is 4.31 Å². The second-order valence-corrected chi connectivity index (χ2v) is 7.44. The van der Waals surface area contributed by atoms with E-state index in [9.17, 15) is 13.2 Å². The molecule has 0 unspecified atom stereocenters. The molecule has 1 aromatic rings. The minimum Gasteiger partial charge on any atom is -0.325 e. The summed E-state index contributed by atoms with van der Waals surface area (Å²) in [6, 6.07) is 5.46. The number of nitrogens with zero attached hydrogens (tertiary/aromatic N) is 1. The third-order valence-corrected chi connectivity index (χ3v) is 4.97. The minimum atomic E-state index is -3.34. The van der Waals surface area contributed by atoms with Crippen LogP contribution in [0.5, 0.6) is 0 Å². The largest absolute Gasteiger partial charge is 0.325 e. The summed E-state index contributed by atoms with van der Waals surface area (Å²) in [6.45, 7) is 3.22. The van der Waals surface area contributed by atoms with Crippen molar-refractivity contribution < 1.29 is 13.2 Å². The summed E-state index contributed by atoms with van der Waals surface area (Å²) in [4.78, 5) is 11.8. The van der Waals surface area contributed by atoms with Crippen LogP contribution in [-0.4, -0.2) is 38.0 Å². The molecule has 0 atom stereocenters. The van der Waals surface area contributed by atoms with E-state index in [1.165, 1.54) is 7.05 Å². The molecule has 1 N–H and O–H groups in total. The molecule has 1 aromatic carbocycles. The Morgan fingerprint density at radius 3 is 2.58 bits per heavy atom. The Bertz CT molecular complexity index is 572. The normalized spacial score (nSPS) is 11.6. The van der Waals surface area contributed by atoms with Gasteiger partial charge in [-0.05, 0) is 37.6 Å². The van der Waals surface area contributed by atoms with Gasteiger partial charge in [0.2, 0.25) is 15.9 Å². The van der Waals surface area contributed by atoms with Gasteiger partial charge in [0.05, 0.1) is 12.3 Å². The van der Waals surface area contributed by atoms with Gasteiger partial charge < -0.3 is 5.32 Å². The van der Waals surface area contributed by atoms with E-state index in [1.807, 2.05) is 19.1 Å². The van der Waals surface area contributed by atoms with Crippen LogP contribution in [0.2, 0.25) is 0 Å². The molecule has 0 heterocycles. The molecule has 0 fully saturated rings. The zero-order valence-corrected chi connectivity index (χ0v) is 13.5. The highest BCUT2D eigenvalue weighted by molar-refractivity contribution is 9.10. The first-order chi connectivity index (χ1) is 8.76. The third-order valence-electron chi connectivity index (χ3n) is 2.67. The molecule has 7 heteroatoms. The number of hydrogen-bond acceptors (Lipinski definition) is 3. The number of anilines is 1. The van der Waals surface area contributed by atoms with Crippen LogP contribution in [-0.2, 0) is 14.8 Å². The molecule has 0 aliphatic heterocycles. The van der Waals surface area contributed by atoms with Gasteiger partial charge in [0.25, 0.3) is 0 Å². The predicted octanol–water partition coefficient (Wildman–Crippen LogP) is 1.98. The first-order valence-corrected chi connectivity index (χ1v) is 8.16. The lowest BCUT2D eigenvalue weighted by atomic mass is 10.2. The van der Waals surface area contributed by atoms with Gasteiger partial charge >= 0.3 is 0 Å².